The Kier molecular flexibility index (Phi) is 6.47. The first-order valence-corrected chi connectivity index (χ1v) is 4.89. The van der Waals surface area contributed by atoms with Crippen LogP contribution in [0.2, 0.25) is 0 Å². The summed E-state index contributed by atoms with van der Waals surface area (Å²) in [5.74, 6) is 0. The lowest BCUT2D eigenvalue weighted by atomic mass is 10.2. The van der Waals surface area contributed by atoms with Crippen molar-refractivity contribution >= 4 is 9.17 Å². The molecule has 0 fully saturated rings. The molecule has 0 aromatic heterocycles. The van der Waals surface area contributed by atoms with E-state index in [2.05, 4.69) is 11.3 Å². The second-order valence-electron chi connectivity index (χ2n) is 2.18. The van der Waals surface area contributed by atoms with Crippen LogP contribution in [0.25, 0.3) is 0 Å². The van der Waals surface area contributed by atoms with E-state index >= 15 is 0 Å². The van der Waals surface area contributed by atoms with Crippen LogP contribution in [0.3, 0.4) is 0 Å². The Morgan fingerprint density at radius 1 is 1.40 bits per heavy atom. The molecule has 0 unspecified atom stereocenters. The normalized spacial score (nSPS) is 9.30. The van der Waals surface area contributed by atoms with Gasteiger partial charge < -0.3 is 9.22 Å². The molecule has 0 amide bonds. The summed E-state index contributed by atoms with van der Waals surface area (Å²) in [5.41, 5.74) is 0. The van der Waals surface area contributed by atoms with Gasteiger partial charge >= 0.3 is 9.17 Å². The largest absolute Gasteiger partial charge is 0.764 e. The number of unbranched alkanes of at least 4 members (excludes halogenated alkanes) is 3. The third-order valence-corrected chi connectivity index (χ3v) is 1.67. The number of rotatable bonds is 6. The second kappa shape index (κ2) is 6.73. The zero-order chi connectivity index (χ0) is 7.82. The fraction of sp³-hybridized carbons (Fsp3) is 1.00. The molecule has 0 aromatic carbocycles. The minimum atomic E-state index is -2.67. The topological polar surface area (TPSA) is 46.5 Å². The highest BCUT2D eigenvalue weighted by Gasteiger charge is 2.00. The Balaban J connectivity index is 2.84. The molecule has 1 N–H and O–H groups in total. The van der Waals surface area contributed by atoms with Gasteiger partial charge in [-0.3, -0.25) is 4.46 Å². The highest BCUT2D eigenvalue weighted by Crippen LogP contribution is 1.98. The van der Waals surface area contributed by atoms with Crippen molar-refractivity contribution in [1.82, 2.24) is 0 Å². The first-order chi connectivity index (χ1) is 4.77. The molecule has 0 spiro atoms. The summed E-state index contributed by atoms with van der Waals surface area (Å²) in [7, 11) is -2.67. The van der Waals surface area contributed by atoms with Gasteiger partial charge in [0.05, 0.1) is 6.61 Å². The second-order valence-corrected chi connectivity index (χ2v) is 3.00. The van der Waals surface area contributed by atoms with Gasteiger partial charge in [-0.1, -0.05) is 26.2 Å². The van der Waals surface area contributed by atoms with Crippen LogP contribution in [0.5, 0.6) is 0 Å². The lowest BCUT2D eigenvalue weighted by Gasteiger charge is -1.98. The van der Waals surface area contributed by atoms with E-state index in [1.54, 1.807) is 0 Å². The molecule has 0 atom stereocenters. The zero-order valence-corrected chi connectivity index (χ0v) is 7.30. The van der Waals surface area contributed by atoms with E-state index < -0.39 is 9.17 Å². The zero-order valence-electron chi connectivity index (χ0n) is 6.30. The Morgan fingerprint density at radius 3 is 2.60 bits per heavy atom. The standard InChI is InChI=1S/C6H14O3Si/c1-2-3-4-5-6-9-10(7)8/h7H,2-6H2,1H3. The molecule has 0 radical (unpaired) electrons. The third-order valence-electron chi connectivity index (χ3n) is 1.22. The van der Waals surface area contributed by atoms with Gasteiger partial charge in [-0.2, -0.15) is 0 Å². The Labute approximate surface area is 62.9 Å². The molecule has 0 heterocycles. The molecule has 0 aliphatic heterocycles. The van der Waals surface area contributed by atoms with E-state index in [9.17, 15) is 4.46 Å². The molecule has 0 bridgehead atoms. The quantitative estimate of drug-likeness (QED) is 0.468. The van der Waals surface area contributed by atoms with Crippen molar-refractivity contribution in [1.29, 1.82) is 0 Å². The maximum atomic E-state index is 9.99. The van der Waals surface area contributed by atoms with Gasteiger partial charge in [-0.25, -0.2) is 0 Å². The average Bonchev–Trinajstić information content (AvgIpc) is 1.87. The minimum absolute atomic E-state index is 0.425. The Hall–Kier alpha value is -0.383. The first kappa shape index (κ1) is 9.62. The number of hydrogen-bond donors (Lipinski definition) is 1. The third kappa shape index (κ3) is 7.62. The van der Waals surface area contributed by atoms with Crippen LogP contribution in [0.1, 0.15) is 32.6 Å². The molecule has 0 aliphatic carbocycles. The fourth-order valence-electron chi connectivity index (χ4n) is 0.688. The van der Waals surface area contributed by atoms with E-state index in [1.165, 1.54) is 12.8 Å². The first-order valence-electron chi connectivity index (χ1n) is 3.63. The maximum absolute atomic E-state index is 9.99. The van der Waals surface area contributed by atoms with Crippen LogP contribution in [0.15, 0.2) is 0 Å². The highest BCUT2D eigenvalue weighted by atomic mass is 28.3. The fourth-order valence-corrected chi connectivity index (χ4v) is 1.01. The van der Waals surface area contributed by atoms with Crippen molar-refractivity contribution in [3.05, 3.63) is 0 Å². The molecule has 10 heavy (non-hydrogen) atoms. The molecule has 60 valence electrons. The monoisotopic (exact) mass is 162 g/mol. The van der Waals surface area contributed by atoms with Gasteiger partial charge in [0.15, 0.2) is 0 Å². The van der Waals surface area contributed by atoms with Crippen LogP contribution in [-0.2, 0) is 8.89 Å². The maximum Gasteiger partial charge on any atom is 0.764 e. The predicted molar refractivity (Wildman–Crippen MR) is 38.8 cm³/mol. The van der Waals surface area contributed by atoms with Gasteiger partial charge in [0.1, 0.15) is 0 Å². The Bertz CT molecular complexity index is 95.0. The van der Waals surface area contributed by atoms with Crippen LogP contribution < -0.4 is 0 Å². The van der Waals surface area contributed by atoms with Crippen molar-refractivity contribution in [2.75, 3.05) is 6.61 Å². The molecule has 4 heteroatoms. The van der Waals surface area contributed by atoms with Gasteiger partial charge in [-0.05, 0) is 6.42 Å². The van der Waals surface area contributed by atoms with Crippen LogP contribution in [0, 0.1) is 0 Å². The molecule has 0 saturated carbocycles. The Morgan fingerprint density at radius 2 is 2.10 bits per heavy atom. The van der Waals surface area contributed by atoms with Crippen molar-refractivity contribution in [3.8, 4) is 0 Å². The van der Waals surface area contributed by atoms with Crippen molar-refractivity contribution in [3.63, 3.8) is 0 Å². The molecular weight excluding hydrogens is 148 g/mol. The number of hydrogen-bond acceptors (Lipinski definition) is 2. The predicted octanol–water partition coefficient (Wildman–Crippen LogP) is 0.991. The van der Waals surface area contributed by atoms with E-state index in [0.717, 1.165) is 12.8 Å². The molecule has 0 aromatic rings. The summed E-state index contributed by atoms with van der Waals surface area (Å²) in [6.45, 7) is 2.55. The summed E-state index contributed by atoms with van der Waals surface area (Å²) in [6, 6.07) is 0. The summed E-state index contributed by atoms with van der Waals surface area (Å²) in [4.78, 5) is 8.23. The van der Waals surface area contributed by atoms with E-state index in [4.69, 9.17) is 4.80 Å². The molecular formula is C6H14O3Si. The smallest absolute Gasteiger partial charge is 0.511 e. The molecule has 0 rings (SSSR count). The van der Waals surface area contributed by atoms with E-state index in [-0.39, 0.29) is 0 Å². The lowest BCUT2D eigenvalue weighted by molar-refractivity contribution is 0.219. The van der Waals surface area contributed by atoms with E-state index in [0.29, 0.717) is 6.61 Å². The molecule has 3 nitrogen and oxygen atoms in total. The lowest BCUT2D eigenvalue weighted by Crippen LogP contribution is -2.06. The van der Waals surface area contributed by atoms with Crippen LogP contribution in [0.4, 0.5) is 0 Å². The summed E-state index contributed by atoms with van der Waals surface area (Å²) >= 11 is 0. The minimum Gasteiger partial charge on any atom is -0.511 e. The summed E-state index contributed by atoms with van der Waals surface area (Å²) < 4.78 is 14.5. The van der Waals surface area contributed by atoms with Crippen LogP contribution >= 0.6 is 0 Å². The molecule has 0 aliphatic rings. The van der Waals surface area contributed by atoms with Crippen molar-refractivity contribution in [2.45, 2.75) is 32.6 Å². The van der Waals surface area contributed by atoms with Gasteiger partial charge in [0, 0.05) is 0 Å². The summed E-state index contributed by atoms with van der Waals surface area (Å²) in [6.07, 6.45) is 4.33. The van der Waals surface area contributed by atoms with E-state index in [1.807, 2.05) is 0 Å². The van der Waals surface area contributed by atoms with Gasteiger partial charge in [0.2, 0.25) is 0 Å². The SMILES string of the molecule is CCCCCCO[Si](=O)O. The van der Waals surface area contributed by atoms with Gasteiger partial charge in [0.25, 0.3) is 0 Å². The molecule has 0 saturated heterocycles. The van der Waals surface area contributed by atoms with Crippen molar-refractivity contribution in [2.24, 2.45) is 0 Å². The van der Waals surface area contributed by atoms with Crippen LogP contribution in [-0.4, -0.2) is 20.6 Å². The van der Waals surface area contributed by atoms with Gasteiger partial charge in [-0.15, -0.1) is 0 Å². The highest BCUT2D eigenvalue weighted by molar-refractivity contribution is 6.24. The van der Waals surface area contributed by atoms with Crippen molar-refractivity contribution < 1.29 is 13.7 Å². The summed E-state index contributed by atoms with van der Waals surface area (Å²) in [5, 5.41) is 0. The average molecular weight is 162 g/mol.